The topological polar surface area (TPSA) is 96.0 Å². The molecule has 0 radical (unpaired) electrons. The number of hydrogen-bond donors (Lipinski definition) is 1. The van der Waals surface area contributed by atoms with E-state index in [0.717, 1.165) is 32.6 Å². The number of carbonyl (C=O) groups excluding carboxylic acids is 2. The molecule has 0 saturated heterocycles. The van der Waals surface area contributed by atoms with Crippen molar-refractivity contribution < 1.29 is 22.7 Å². The minimum absolute atomic E-state index is 0.129. The summed E-state index contributed by atoms with van der Waals surface area (Å²) in [5, 5.41) is 2.93. The van der Waals surface area contributed by atoms with Crippen LogP contribution in [0.2, 0.25) is 0 Å². The third-order valence-electron chi connectivity index (χ3n) is 6.20. The number of carbonyl (C=O) groups is 2. The quantitative estimate of drug-likeness (QED) is 0.277. The van der Waals surface area contributed by atoms with Crippen LogP contribution in [-0.4, -0.2) is 57.1 Å². The van der Waals surface area contributed by atoms with Gasteiger partial charge in [0.1, 0.15) is 18.3 Å². The first kappa shape index (κ1) is 31.2. The average Bonchev–Trinajstić information content (AvgIpc) is 2.94. The van der Waals surface area contributed by atoms with E-state index in [2.05, 4.69) is 21.2 Å². The SMILES string of the molecule is CCCNC(=O)C(Cc1ccccc1)N(Cc1ccc(Br)cc1)C(=O)CN(c1ccc(OCC)cc1)S(C)(=O)=O. The van der Waals surface area contributed by atoms with Crippen molar-refractivity contribution in [3.8, 4) is 5.75 Å². The fourth-order valence-electron chi connectivity index (χ4n) is 4.20. The zero-order valence-electron chi connectivity index (χ0n) is 23.0. The van der Waals surface area contributed by atoms with E-state index in [0.29, 0.717) is 24.6 Å². The molecular weight excluding hydrogens is 594 g/mol. The lowest BCUT2D eigenvalue weighted by Gasteiger charge is -2.33. The van der Waals surface area contributed by atoms with E-state index in [4.69, 9.17) is 4.74 Å². The Morgan fingerprint density at radius 3 is 2.15 bits per heavy atom. The zero-order valence-corrected chi connectivity index (χ0v) is 25.4. The van der Waals surface area contributed by atoms with Gasteiger partial charge in [0, 0.05) is 24.0 Å². The van der Waals surface area contributed by atoms with Crippen molar-refractivity contribution >= 4 is 43.5 Å². The number of nitrogens with zero attached hydrogens (tertiary/aromatic N) is 2. The minimum atomic E-state index is -3.83. The van der Waals surface area contributed by atoms with Crippen LogP contribution in [0.15, 0.2) is 83.3 Å². The molecule has 214 valence electrons. The average molecular weight is 631 g/mol. The van der Waals surface area contributed by atoms with Crippen molar-refractivity contribution in [2.75, 3.05) is 30.3 Å². The first-order valence-electron chi connectivity index (χ1n) is 13.2. The smallest absolute Gasteiger partial charge is 0.244 e. The molecular formula is C30H36BrN3O5S. The number of rotatable bonds is 14. The van der Waals surface area contributed by atoms with E-state index in [1.54, 1.807) is 24.3 Å². The molecule has 3 rings (SSSR count). The number of benzene rings is 3. The van der Waals surface area contributed by atoms with Gasteiger partial charge in [-0.2, -0.15) is 0 Å². The Balaban J connectivity index is 2.01. The summed E-state index contributed by atoms with van der Waals surface area (Å²) in [5.41, 5.74) is 2.03. The van der Waals surface area contributed by atoms with E-state index in [-0.39, 0.29) is 18.9 Å². The lowest BCUT2D eigenvalue weighted by atomic mass is 10.0. The van der Waals surface area contributed by atoms with E-state index < -0.39 is 28.5 Å². The lowest BCUT2D eigenvalue weighted by Crippen LogP contribution is -2.53. The molecule has 0 heterocycles. The fraction of sp³-hybridized carbons (Fsp3) is 0.333. The number of ether oxygens (including phenoxy) is 1. The van der Waals surface area contributed by atoms with Crippen LogP contribution in [0.3, 0.4) is 0 Å². The van der Waals surface area contributed by atoms with Gasteiger partial charge >= 0.3 is 0 Å². The summed E-state index contributed by atoms with van der Waals surface area (Å²) in [5.74, 6) is -0.184. The normalized spacial score (nSPS) is 11.9. The summed E-state index contributed by atoms with van der Waals surface area (Å²) in [6, 6.07) is 22.6. The molecule has 3 aromatic carbocycles. The lowest BCUT2D eigenvalue weighted by molar-refractivity contribution is -0.140. The minimum Gasteiger partial charge on any atom is -0.494 e. The van der Waals surface area contributed by atoms with E-state index in [9.17, 15) is 18.0 Å². The first-order chi connectivity index (χ1) is 19.1. The molecule has 0 aliphatic carbocycles. The van der Waals surface area contributed by atoms with E-state index in [1.807, 2.05) is 68.4 Å². The van der Waals surface area contributed by atoms with Crippen LogP contribution in [0.4, 0.5) is 5.69 Å². The Hall–Kier alpha value is -3.37. The maximum atomic E-state index is 14.0. The van der Waals surface area contributed by atoms with Crippen LogP contribution >= 0.6 is 15.9 Å². The molecule has 0 spiro atoms. The van der Waals surface area contributed by atoms with E-state index in [1.165, 1.54) is 4.90 Å². The Kier molecular flexibility index (Phi) is 11.6. The highest BCUT2D eigenvalue weighted by molar-refractivity contribution is 9.10. The molecule has 0 fully saturated rings. The second-order valence-electron chi connectivity index (χ2n) is 9.34. The predicted octanol–water partition coefficient (Wildman–Crippen LogP) is 4.78. The zero-order chi connectivity index (χ0) is 29.1. The molecule has 8 nitrogen and oxygen atoms in total. The molecule has 1 N–H and O–H groups in total. The molecule has 0 aliphatic rings. The van der Waals surface area contributed by atoms with Crippen molar-refractivity contribution in [3.63, 3.8) is 0 Å². The molecule has 40 heavy (non-hydrogen) atoms. The summed E-state index contributed by atoms with van der Waals surface area (Å²) in [6.07, 6.45) is 2.08. The molecule has 0 aliphatic heterocycles. The summed E-state index contributed by atoms with van der Waals surface area (Å²) < 4.78 is 33.2. The number of halogens is 1. The van der Waals surface area contributed by atoms with Gasteiger partial charge in [-0.1, -0.05) is 65.3 Å². The van der Waals surface area contributed by atoms with Gasteiger partial charge in [0.2, 0.25) is 21.8 Å². The molecule has 1 unspecified atom stereocenters. The van der Waals surface area contributed by atoms with Crippen molar-refractivity contribution in [1.82, 2.24) is 10.2 Å². The Labute approximate surface area is 245 Å². The molecule has 0 aromatic heterocycles. The second-order valence-corrected chi connectivity index (χ2v) is 12.2. The number of sulfonamides is 1. The van der Waals surface area contributed by atoms with Gasteiger partial charge in [-0.15, -0.1) is 0 Å². The molecule has 0 bridgehead atoms. The van der Waals surface area contributed by atoms with Gasteiger partial charge in [-0.05, 0) is 60.9 Å². The summed E-state index contributed by atoms with van der Waals surface area (Å²) in [7, 11) is -3.83. The maximum Gasteiger partial charge on any atom is 0.244 e. The molecule has 0 saturated carbocycles. The van der Waals surface area contributed by atoms with Crippen LogP contribution in [0.1, 0.15) is 31.4 Å². The Bertz CT molecular complexity index is 1350. The van der Waals surface area contributed by atoms with Crippen LogP contribution < -0.4 is 14.4 Å². The van der Waals surface area contributed by atoms with Gasteiger partial charge < -0.3 is 15.0 Å². The van der Waals surface area contributed by atoms with Gasteiger partial charge in [-0.3, -0.25) is 13.9 Å². The summed E-state index contributed by atoms with van der Waals surface area (Å²) in [4.78, 5) is 29.0. The van der Waals surface area contributed by atoms with Gasteiger partial charge in [0.05, 0.1) is 18.6 Å². The number of hydrogen-bond acceptors (Lipinski definition) is 5. The van der Waals surface area contributed by atoms with Crippen LogP contribution in [0.5, 0.6) is 5.75 Å². The van der Waals surface area contributed by atoms with Gasteiger partial charge in [-0.25, -0.2) is 8.42 Å². The third kappa shape index (κ3) is 9.09. The van der Waals surface area contributed by atoms with Crippen molar-refractivity contribution in [2.45, 2.75) is 39.3 Å². The monoisotopic (exact) mass is 629 g/mol. The third-order valence-corrected chi connectivity index (χ3v) is 7.87. The predicted molar refractivity (Wildman–Crippen MR) is 162 cm³/mol. The standard InChI is InChI=1S/C30H36BrN3O5S/c1-4-19-32-30(36)28(20-23-9-7-6-8-10-23)33(21-24-11-13-25(31)14-12-24)29(35)22-34(40(3,37)38)26-15-17-27(18-16-26)39-5-2/h6-18,28H,4-5,19-22H2,1-3H3,(H,32,36). The molecule has 10 heteroatoms. The number of nitrogens with one attached hydrogen (secondary N) is 1. The first-order valence-corrected chi connectivity index (χ1v) is 15.8. The van der Waals surface area contributed by atoms with Crippen molar-refractivity contribution in [3.05, 3.63) is 94.5 Å². The Morgan fingerprint density at radius 1 is 0.925 bits per heavy atom. The van der Waals surface area contributed by atoms with Crippen LogP contribution in [-0.2, 0) is 32.6 Å². The van der Waals surface area contributed by atoms with Crippen molar-refractivity contribution in [2.24, 2.45) is 0 Å². The maximum absolute atomic E-state index is 14.0. The molecule has 1 atom stereocenters. The summed E-state index contributed by atoms with van der Waals surface area (Å²) in [6.45, 7) is 4.42. The Morgan fingerprint density at radius 2 is 1.57 bits per heavy atom. The molecule has 2 amide bonds. The van der Waals surface area contributed by atoms with Crippen LogP contribution in [0.25, 0.3) is 0 Å². The highest BCUT2D eigenvalue weighted by Crippen LogP contribution is 2.23. The number of anilines is 1. The van der Waals surface area contributed by atoms with Gasteiger partial charge in [0.25, 0.3) is 0 Å². The van der Waals surface area contributed by atoms with Crippen molar-refractivity contribution in [1.29, 1.82) is 0 Å². The molecule has 3 aromatic rings. The van der Waals surface area contributed by atoms with Crippen LogP contribution in [0, 0.1) is 0 Å². The van der Waals surface area contributed by atoms with Gasteiger partial charge in [0.15, 0.2) is 0 Å². The highest BCUT2D eigenvalue weighted by Gasteiger charge is 2.33. The summed E-state index contributed by atoms with van der Waals surface area (Å²) >= 11 is 3.43. The van der Waals surface area contributed by atoms with E-state index >= 15 is 0 Å². The largest absolute Gasteiger partial charge is 0.494 e. The number of amides is 2. The highest BCUT2D eigenvalue weighted by atomic mass is 79.9. The fourth-order valence-corrected chi connectivity index (χ4v) is 5.31. The second kappa shape index (κ2) is 14.9.